The van der Waals surface area contributed by atoms with Crippen LogP contribution in [0.15, 0.2) is 12.1 Å². The number of carbonyl (C=O) groups excluding carboxylic acids is 1. The van der Waals surface area contributed by atoms with Crippen molar-refractivity contribution in [3.8, 4) is 0 Å². The minimum atomic E-state index is -0.840. The highest BCUT2D eigenvalue weighted by atomic mass is 35.5. The van der Waals surface area contributed by atoms with Gasteiger partial charge in [0.05, 0.1) is 12.7 Å². The van der Waals surface area contributed by atoms with E-state index in [-0.39, 0.29) is 30.1 Å². The molecule has 0 aliphatic carbocycles. The number of methoxy groups -OCH3 is 1. The first-order chi connectivity index (χ1) is 6.60. The van der Waals surface area contributed by atoms with Crippen molar-refractivity contribution in [2.75, 3.05) is 7.11 Å². The van der Waals surface area contributed by atoms with Crippen molar-refractivity contribution in [1.82, 2.24) is 0 Å². The maximum Gasteiger partial charge on any atom is 0.338 e. The van der Waals surface area contributed by atoms with Gasteiger partial charge in [-0.15, -0.1) is 12.4 Å². The van der Waals surface area contributed by atoms with E-state index in [0.29, 0.717) is 0 Å². The second-order valence-electron chi connectivity index (χ2n) is 2.61. The van der Waals surface area contributed by atoms with E-state index in [1.807, 2.05) is 0 Å². The van der Waals surface area contributed by atoms with Gasteiger partial charge in [-0.2, -0.15) is 0 Å². The minimum Gasteiger partial charge on any atom is -0.465 e. The summed E-state index contributed by atoms with van der Waals surface area (Å²) in [4.78, 5) is 10.9. The molecule has 0 saturated carbocycles. The molecule has 0 amide bonds. The first-order valence-electron chi connectivity index (χ1n) is 3.86. The largest absolute Gasteiger partial charge is 0.465 e. The summed E-state index contributed by atoms with van der Waals surface area (Å²) in [6.07, 6.45) is 0. The Hall–Kier alpha value is -1.20. The van der Waals surface area contributed by atoms with Crippen LogP contribution in [0, 0.1) is 11.6 Å². The summed E-state index contributed by atoms with van der Waals surface area (Å²) >= 11 is 0. The van der Waals surface area contributed by atoms with Gasteiger partial charge >= 0.3 is 5.97 Å². The van der Waals surface area contributed by atoms with Crippen LogP contribution in [0.2, 0.25) is 0 Å². The molecule has 0 radical (unpaired) electrons. The molecule has 0 saturated heterocycles. The van der Waals surface area contributed by atoms with Crippen LogP contribution < -0.4 is 5.73 Å². The molecule has 0 unspecified atom stereocenters. The van der Waals surface area contributed by atoms with Crippen LogP contribution in [0.3, 0.4) is 0 Å². The molecule has 0 bridgehead atoms. The first kappa shape index (κ1) is 13.8. The highest BCUT2D eigenvalue weighted by molar-refractivity contribution is 5.89. The number of halogens is 3. The molecular formula is C9H10ClF2NO2. The van der Waals surface area contributed by atoms with Gasteiger partial charge in [-0.1, -0.05) is 0 Å². The smallest absolute Gasteiger partial charge is 0.338 e. The van der Waals surface area contributed by atoms with Gasteiger partial charge in [0.2, 0.25) is 0 Å². The fourth-order valence-electron chi connectivity index (χ4n) is 1.03. The Morgan fingerprint density at radius 1 is 1.40 bits per heavy atom. The van der Waals surface area contributed by atoms with Crippen molar-refractivity contribution in [1.29, 1.82) is 0 Å². The van der Waals surface area contributed by atoms with E-state index < -0.39 is 17.6 Å². The van der Waals surface area contributed by atoms with E-state index in [1.165, 1.54) is 0 Å². The molecule has 1 aromatic carbocycles. The first-order valence-corrected chi connectivity index (χ1v) is 3.86. The summed E-state index contributed by atoms with van der Waals surface area (Å²) in [6, 6.07) is 1.80. The molecule has 2 N–H and O–H groups in total. The summed E-state index contributed by atoms with van der Waals surface area (Å²) < 4.78 is 30.5. The van der Waals surface area contributed by atoms with Crippen LogP contribution in [0.5, 0.6) is 0 Å². The molecule has 0 heterocycles. The number of rotatable bonds is 2. The number of esters is 1. The number of nitrogens with two attached hydrogens (primary N) is 1. The van der Waals surface area contributed by atoms with E-state index in [0.717, 1.165) is 19.2 Å². The van der Waals surface area contributed by atoms with Crippen LogP contribution >= 0.6 is 12.4 Å². The van der Waals surface area contributed by atoms with Gasteiger partial charge in [-0.05, 0) is 12.1 Å². The summed E-state index contributed by atoms with van der Waals surface area (Å²) in [7, 11) is 1.13. The van der Waals surface area contributed by atoms with E-state index >= 15 is 0 Å². The van der Waals surface area contributed by atoms with Crippen molar-refractivity contribution in [2.24, 2.45) is 5.73 Å². The van der Waals surface area contributed by atoms with Crippen molar-refractivity contribution in [2.45, 2.75) is 6.54 Å². The molecule has 1 aromatic rings. The lowest BCUT2D eigenvalue weighted by Crippen LogP contribution is -2.08. The molecular weight excluding hydrogens is 228 g/mol. The monoisotopic (exact) mass is 237 g/mol. The number of benzene rings is 1. The minimum absolute atomic E-state index is 0. The number of carbonyl (C=O) groups is 1. The maximum atomic E-state index is 13.1. The molecule has 0 fully saturated rings. The lowest BCUT2D eigenvalue weighted by molar-refractivity contribution is 0.0599. The lowest BCUT2D eigenvalue weighted by Gasteiger charge is -2.04. The summed E-state index contributed by atoms with van der Waals surface area (Å²) in [5, 5.41) is 0. The Kier molecular flexibility index (Phi) is 5.18. The van der Waals surface area contributed by atoms with Crippen LogP contribution in [0.25, 0.3) is 0 Å². The molecule has 0 aromatic heterocycles. The number of hydrogen-bond donors (Lipinski definition) is 1. The summed E-state index contributed by atoms with van der Waals surface area (Å²) in [6.45, 7) is -0.251. The zero-order valence-electron chi connectivity index (χ0n) is 7.92. The van der Waals surface area contributed by atoms with Crippen molar-refractivity contribution < 1.29 is 18.3 Å². The van der Waals surface area contributed by atoms with Crippen molar-refractivity contribution in [3.05, 3.63) is 34.9 Å². The third-order valence-corrected chi connectivity index (χ3v) is 1.77. The van der Waals surface area contributed by atoms with Gasteiger partial charge in [0, 0.05) is 12.1 Å². The highest BCUT2D eigenvalue weighted by Crippen LogP contribution is 2.15. The predicted molar refractivity (Wildman–Crippen MR) is 52.8 cm³/mol. The van der Waals surface area contributed by atoms with Crippen molar-refractivity contribution >= 4 is 18.4 Å². The van der Waals surface area contributed by atoms with E-state index in [4.69, 9.17) is 5.73 Å². The van der Waals surface area contributed by atoms with Gasteiger partial charge in [0.15, 0.2) is 0 Å². The van der Waals surface area contributed by atoms with Gasteiger partial charge in [-0.3, -0.25) is 0 Å². The van der Waals surface area contributed by atoms with E-state index in [9.17, 15) is 13.6 Å². The molecule has 3 nitrogen and oxygen atoms in total. The average molecular weight is 238 g/mol. The fourth-order valence-corrected chi connectivity index (χ4v) is 1.03. The predicted octanol–water partition coefficient (Wildman–Crippen LogP) is 1.63. The molecule has 15 heavy (non-hydrogen) atoms. The molecule has 0 aliphatic rings. The summed E-state index contributed by atoms with van der Waals surface area (Å²) in [5.41, 5.74) is 4.71. The van der Waals surface area contributed by atoms with Gasteiger partial charge < -0.3 is 10.5 Å². The topological polar surface area (TPSA) is 52.3 Å². The van der Waals surface area contributed by atoms with Crippen LogP contribution in [-0.2, 0) is 11.3 Å². The second kappa shape index (κ2) is 5.63. The van der Waals surface area contributed by atoms with Gasteiger partial charge in [-0.25, -0.2) is 13.6 Å². The Balaban J connectivity index is 0.00000196. The Bertz CT molecular complexity index is 348. The third-order valence-electron chi connectivity index (χ3n) is 1.77. The third kappa shape index (κ3) is 2.87. The molecule has 0 spiro atoms. The van der Waals surface area contributed by atoms with E-state index in [2.05, 4.69) is 4.74 Å². The molecule has 0 atom stereocenters. The molecule has 84 valence electrons. The highest BCUT2D eigenvalue weighted by Gasteiger charge is 2.13. The normalized spacial score (nSPS) is 9.33. The number of ether oxygens (including phenoxy) is 1. The van der Waals surface area contributed by atoms with Gasteiger partial charge in [0.1, 0.15) is 11.6 Å². The average Bonchev–Trinajstić information content (AvgIpc) is 2.16. The Labute approximate surface area is 91.6 Å². The van der Waals surface area contributed by atoms with Crippen LogP contribution in [0.1, 0.15) is 15.9 Å². The lowest BCUT2D eigenvalue weighted by atomic mass is 10.1. The second-order valence-corrected chi connectivity index (χ2v) is 2.61. The van der Waals surface area contributed by atoms with Gasteiger partial charge in [0.25, 0.3) is 0 Å². The Morgan fingerprint density at radius 2 is 1.87 bits per heavy atom. The zero-order valence-corrected chi connectivity index (χ0v) is 8.74. The number of hydrogen-bond acceptors (Lipinski definition) is 3. The maximum absolute atomic E-state index is 13.1. The zero-order chi connectivity index (χ0) is 10.7. The standard InChI is InChI=1S/C9H9F2NO2.ClH/c1-14-9(13)5-2-7(10)6(4-12)8(11)3-5;/h2-3H,4,12H2,1H3;1H. The van der Waals surface area contributed by atoms with Crippen LogP contribution in [-0.4, -0.2) is 13.1 Å². The molecule has 1 rings (SSSR count). The fraction of sp³-hybridized carbons (Fsp3) is 0.222. The molecule has 0 aliphatic heterocycles. The van der Waals surface area contributed by atoms with Crippen LogP contribution in [0.4, 0.5) is 8.78 Å². The summed E-state index contributed by atoms with van der Waals surface area (Å²) in [5.74, 6) is -2.47. The SMILES string of the molecule is COC(=O)c1cc(F)c(CN)c(F)c1.Cl. The Morgan fingerprint density at radius 3 is 2.20 bits per heavy atom. The quantitative estimate of drug-likeness (QED) is 0.796. The van der Waals surface area contributed by atoms with E-state index in [1.54, 1.807) is 0 Å². The molecule has 6 heteroatoms. The van der Waals surface area contributed by atoms with Crippen molar-refractivity contribution in [3.63, 3.8) is 0 Å².